The van der Waals surface area contributed by atoms with Gasteiger partial charge < -0.3 is 4.74 Å². The molecule has 0 radical (unpaired) electrons. The third kappa shape index (κ3) is 2.47. The molecule has 1 heterocycles. The van der Waals surface area contributed by atoms with E-state index in [-0.39, 0.29) is 5.75 Å². The molecule has 4 nitrogen and oxygen atoms in total. The predicted octanol–water partition coefficient (Wildman–Crippen LogP) is 2.14. The largest absolute Gasteiger partial charge is 0.430 e. The van der Waals surface area contributed by atoms with Gasteiger partial charge in [-0.25, -0.2) is 13.2 Å². The Labute approximate surface area is 113 Å². The molecule has 0 bridgehead atoms. The molecule has 0 saturated carbocycles. The fraction of sp³-hybridized carbons (Fsp3) is 0.364. The average Bonchev–Trinajstić information content (AvgIpc) is 2.54. The first-order chi connectivity index (χ1) is 7.95. The van der Waals surface area contributed by atoms with Gasteiger partial charge in [0.2, 0.25) is 9.84 Å². The van der Waals surface area contributed by atoms with Crippen molar-refractivity contribution in [2.75, 3.05) is 5.75 Å². The van der Waals surface area contributed by atoms with Crippen LogP contribution in [0, 0.1) is 0 Å². The number of ether oxygens (including phenoxy) is 1. The molecule has 0 aromatic heterocycles. The van der Waals surface area contributed by atoms with Crippen LogP contribution in [0.2, 0.25) is 0 Å². The molecule has 0 spiro atoms. The van der Waals surface area contributed by atoms with Gasteiger partial charge in [-0.3, -0.25) is 0 Å². The molecule has 0 N–H and O–H groups in total. The molecule has 0 aliphatic carbocycles. The van der Waals surface area contributed by atoms with Gasteiger partial charge in [0.05, 0.1) is 11.3 Å². The molecule has 1 aliphatic rings. The van der Waals surface area contributed by atoms with Crippen LogP contribution >= 0.6 is 22.6 Å². The molecule has 17 heavy (non-hydrogen) atoms. The van der Waals surface area contributed by atoms with E-state index in [9.17, 15) is 13.2 Å². The van der Waals surface area contributed by atoms with E-state index in [2.05, 4.69) is 0 Å². The summed E-state index contributed by atoms with van der Waals surface area (Å²) in [6.45, 7) is 0. The lowest BCUT2D eigenvalue weighted by molar-refractivity contribution is 0.0415. The van der Waals surface area contributed by atoms with E-state index < -0.39 is 18.7 Å². The van der Waals surface area contributed by atoms with Gasteiger partial charge in [0.25, 0.3) is 2.94 Å². The summed E-state index contributed by atoms with van der Waals surface area (Å²) in [5.41, 5.74) is 0.366. The van der Waals surface area contributed by atoms with Gasteiger partial charge >= 0.3 is 5.97 Å². The van der Waals surface area contributed by atoms with E-state index in [4.69, 9.17) is 4.74 Å². The number of esters is 1. The minimum Gasteiger partial charge on any atom is -0.430 e. The second-order valence-electron chi connectivity index (χ2n) is 3.84. The normalized spacial score (nSPS) is 26.6. The Morgan fingerprint density at radius 2 is 1.94 bits per heavy atom. The topological polar surface area (TPSA) is 60.4 Å². The fourth-order valence-corrected chi connectivity index (χ4v) is 4.40. The maximum Gasteiger partial charge on any atom is 0.340 e. The van der Waals surface area contributed by atoms with Gasteiger partial charge in [-0.1, -0.05) is 18.2 Å². The van der Waals surface area contributed by atoms with E-state index in [0.717, 1.165) is 0 Å². The van der Waals surface area contributed by atoms with Gasteiger partial charge in [0.15, 0.2) is 0 Å². The third-order valence-electron chi connectivity index (χ3n) is 2.61. The standard InChI is InChI=1S/C11H11IO4S/c12-11(7-4-8-17(11,14)15)16-10(13)9-5-2-1-3-6-9/h1-3,5-6H,4,7-8H2. The van der Waals surface area contributed by atoms with Crippen LogP contribution in [-0.4, -0.2) is 23.1 Å². The Morgan fingerprint density at radius 3 is 2.47 bits per heavy atom. The quantitative estimate of drug-likeness (QED) is 0.457. The summed E-state index contributed by atoms with van der Waals surface area (Å²) in [7, 11) is -3.35. The number of halogens is 1. The SMILES string of the molecule is O=C(OC1(I)CCCS1(=O)=O)c1ccccc1. The maximum absolute atomic E-state index is 11.8. The van der Waals surface area contributed by atoms with Crippen molar-refractivity contribution in [3.8, 4) is 0 Å². The van der Waals surface area contributed by atoms with Crippen molar-refractivity contribution in [2.24, 2.45) is 0 Å². The van der Waals surface area contributed by atoms with Gasteiger partial charge in [0.1, 0.15) is 0 Å². The Hall–Kier alpha value is -0.630. The molecule has 1 aromatic carbocycles. The first-order valence-electron chi connectivity index (χ1n) is 5.14. The molecule has 2 rings (SSSR count). The highest BCUT2D eigenvalue weighted by Gasteiger charge is 2.49. The van der Waals surface area contributed by atoms with Gasteiger partial charge in [-0.2, -0.15) is 0 Å². The number of alkyl halides is 1. The first-order valence-corrected chi connectivity index (χ1v) is 7.87. The molecule has 0 amide bonds. The highest BCUT2D eigenvalue weighted by atomic mass is 127. The summed E-state index contributed by atoms with van der Waals surface area (Å²) < 4.78 is 27.3. The molecule has 1 aromatic rings. The molecule has 92 valence electrons. The van der Waals surface area contributed by atoms with Crippen molar-refractivity contribution in [3.63, 3.8) is 0 Å². The van der Waals surface area contributed by atoms with Crippen LogP contribution in [-0.2, 0) is 14.6 Å². The number of carbonyl (C=O) groups is 1. The Morgan fingerprint density at radius 1 is 1.29 bits per heavy atom. The van der Waals surface area contributed by atoms with E-state index in [1.165, 1.54) is 0 Å². The summed E-state index contributed by atoms with van der Waals surface area (Å²) >= 11 is 1.72. The van der Waals surface area contributed by atoms with Crippen molar-refractivity contribution < 1.29 is 17.9 Å². The lowest BCUT2D eigenvalue weighted by Crippen LogP contribution is -2.33. The van der Waals surface area contributed by atoms with Crippen molar-refractivity contribution in [1.82, 2.24) is 0 Å². The minimum absolute atomic E-state index is 0.0814. The van der Waals surface area contributed by atoms with Crippen LogP contribution in [0.5, 0.6) is 0 Å². The number of hydrogen-bond acceptors (Lipinski definition) is 4. The smallest absolute Gasteiger partial charge is 0.340 e. The zero-order valence-corrected chi connectivity index (χ0v) is 11.9. The molecule has 1 fully saturated rings. The number of sulfone groups is 1. The molecule has 6 heteroatoms. The highest BCUT2D eigenvalue weighted by molar-refractivity contribution is 14.1. The average molecular weight is 366 g/mol. The van der Waals surface area contributed by atoms with Crippen LogP contribution in [0.3, 0.4) is 0 Å². The molecule has 1 atom stereocenters. The monoisotopic (exact) mass is 366 g/mol. The zero-order chi connectivity index (χ0) is 12.5. The predicted molar refractivity (Wildman–Crippen MR) is 71.6 cm³/mol. The van der Waals surface area contributed by atoms with Crippen LogP contribution in [0.25, 0.3) is 0 Å². The summed E-state index contributed by atoms with van der Waals surface area (Å²) in [6.07, 6.45) is 0.891. The van der Waals surface area contributed by atoms with E-state index >= 15 is 0 Å². The Balaban J connectivity index is 2.20. The maximum atomic E-state index is 11.8. The van der Waals surface area contributed by atoms with E-state index in [1.54, 1.807) is 52.9 Å². The molecule has 1 aliphatic heterocycles. The number of rotatable bonds is 2. The van der Waals surface area contributed by atoms with Crippen molar-refractivity contribution in [3.05, 3.63) is 35.9 Å². The fourth-order valence-electron chi connectivity index (χ4n) is 1.67. The molecule has 1 unspecified atom stereocenters. The van der Waals surface area contributed by atoms with Crippen molar-refractivity contribution >= 4 is 38.4 Å². The zero-order valence-electron chi connectivity index (χ0n) is 8.93. The van der Waals surface area contributed by atoms with E-state index in [0.29, 0.717) is 18.4 Å². The lowest BCUT2D eigenvalue weighted by Gasteiger charge is -2.21. The van der Waals surface area contributed by atoms with Gasteiger partial charge in [-0.05, 0) is 41.1 Å². The highest BCUT2D eigenvalue weighted by Crippen LogP contribution is 2.40. The number of carbonyl (C=O) groups excluding carboxylic acids is 1. The van der Waals surface area contributed by atoms with Crippen molar-refractivity contribution in [2.45, 2.75) is 15.8 Å². The lowest BCUT2D eigenvalue weighted by atomic mass is 10.2. The molecular weight excluding hydrogens is 355 g/mol. The van der Waals surface area contributed by atoms with Gasteiger partial charge in [0, 0.05) is 6.42 Å². The van der Waals surface area contributed by atoms with Gasteiger partial charge in [-0.15, -0.1) is 0 Å². The third-order valence-corrected chi connectivity index (χ3v) is 7.42. The Bertz CT molecular complexity index is 526. The molecule has 1 saturated heterocycles. The summed E-state index contributed by atoms with van der Waals surface area (Å²) in [5.74, 6) is -0.511. The van der Waals surface area contributed by atoms with Crippen molar-refractivity contribution in [1.29, 1.82) is 0 Å². The second-order valence-corrected chi connectivity index (χ2v) is 8.61. The first kappa shape index (κ1) is 12.8. The molecular formula is C11H11IO4S. The Kier molecular flexibility index (Phi) is 3.44. The second kappa shape index (κ2) is 4.56. The van der Waals surface area contributed by atoms with Crippen LogP contribution in [0.4, 0.5) is 0 Å². The van der Waals surface area contributed by atoms with E-state index in [1.807, 2.05) is 0 Å². The summed E-state index contributed by atoms with van der Waals surface area (Å²) in [4.78, 5) is 11.8. The number of benzene rings is 1. The number of hydrogen-bond donors (Lipinski definition) is 0. The van der Waals surface area contributed by atoms with Crippen LogP contribution in [0.1, 0.15) is 23.2 Å². The summed E-state index contributed by atoms with van der Waals surface area (Å²) in [6, 6.07) is 8.40. The minimum atomic E-state index is -3.35. The summed E-state index contributed by atoms with van der Waals surface area (Å²) in [5, 5.41) is 0. The van der Waals surface area contributed by atoms with Crippen LogP contribution in [0.15, 0.2) is 30.3 Å². The van der Waals surface area contributed by atoms with Crippen LogP contribution < -0.4 is 0 Å².